The van der Waals surface area contributed by atoms with E-state index < -0.39 is 11.9 Å². The zero-order chi connectivity index (χ0) is 28.8. The van der Waals surface area contributed by atoms with Crippen molar-refractivity contribution in [1.82, 2.24) is 14.5 Å². The number of pyridine rings is 2. The number of methoxy groups -OCH3 is 3. The number of hydrogen-bond donors (Lipinski definition) is 2. The highest BCUT2D eigenvalue weighted by Gasteiger charge is 2.27. The molecule has 1 amide bonds. The molecule has 208 valence electrons. The summed E-state index contributed by atoms with van der Waals surface area (Å²) >= 11 is 0. The molecule has 10 heteroatoms. The van der Waals surface area contributed by atoms with Gasteiger partial charge in [0.2, 0.25) is 0 Å². The lowest BCUT2D eigenvalue weighted by Crippen LogP contribution is -2.17. The molecule has 0 atom stereocenters. The van der Waals surface area contributed by atoms with Crippen LogP contribution < -0.4 is 20.1 Å². The lowest BCUT2D eigenvalue weighted by Gasteiger charge is -2.14. The van der Waals surface area contributed by atoms with Crippen molar-refractivity contribution >= 4 is 34.3 Å². The number of nitrogens with one attached hydrogen (secondary N) is 2. The normalized spacial score (nSPS) is 10.7. The quantitative estimate of drug-likeness (QED) is 0.229. The first-order chi connectivity index (χ1) is 20.0. The van der Waals surface area contributed by atoms with Crippen LogP contribution in [0.25, 0.3) is 11.0 Å². The topological polar surface area (TPSA) is 117 Å². The van der Waals surface area contributed by atoms with E-state index in [0.717, 1.165) is 11.1 Å². The van der Waals surface area contributed by atoms with Gasteiger partial charge in [0.25, 0.3) is 5.91 Å². The van der Waals surface area contributed by atoms with Gasteiger partial charge in [-0.15, -0.1) is 0 Å². The van der Waals surface area contributed by atoms with E-state index in [-0.39, 0.29) is 5.69 Å². The number of esters is 1. The molecule has 5 rings (SSSR count). The Morgan fingerprint density at radius 1 is 0.927 bits per heavy atom. The fourth-order valence-corrected chi connectivity index (χ4v) is 4.65. The highest BCUT2D eigenvalue weighted by atomic mass is 16.5. The molecule has 0 bridgehead atoms. The summed E-state index contributed by atoms with van der Waals surface area (Å²) in [4.78, 5) is 35.2. The van der Waals surface area contributed by atoms with Gasteiger partial charge in [-0.1, -0.05) is 42.5 Å². The second kappa shape index (κ2) is 12.2. The van der Waals surface area contributed by atoms with Crippen molar-refractivity contribution in [2.75, 3.05) is 32.0 Å². The number of carbonyl (C=O) groups is 2. The maximum atomic E-state index is 13.2. The number of aromatic nitrogens is 3. The molecule has 0 unspecified atom stereocenters. The standard InChI is InChI=1S/C31H29N5O5/c1-39-25-13-7-11-21(28(25)40-2)17-33-23-15-24-26(35-30(37)22-12-8-14-32-16-22)27(31(38)41-3)36(29(24)34-18-23)19-20-9-5-4-6-10-20/h4-16,18,33H,17,19H2,1-3H3,(H,35,37). The maximum Gasteiger partial charge on any atom is 0.356 e. The predicted molar refractivity (Wildman–Crippen MR) is 156 cm³/mol. The molecule has 2 N–H and O–H groups in total. The molecule has 5 aromatic rings. The molecular weight excluding hydrogens is 522 g/mol. The van der Waals surface area contributed by atoms with Crippen LogP contribution in [0.4, 0.5) is 11.4 Å². The molecule has 0 spiro atoms. The van der Waals surface area contributed by atoms with Gasteiger partial charge in [-0.2, -0.15) is 0 Å². The van der Waals surface area contributed by atoms with Crippen LogP contribution in [0.5, 0.6) is 11.5 Å². The number of rotatable bonds is 10. The average molecular weight is 552 g/mol. The zero-order valence-corrected chi connectivity index (χ0v) is 22.9. The van der Waals surface area contributed by atoms with Gasteiger partial charge in [0.15, 0.2) is 17.2 Å². The van der Waals surface area contributed by atoms with Crippen LogP contribution in [0.2, 0.25) is 0 Å². The number of amides is 1. The number of anilines is 2. The molecule has 10 nitrogen and oxygen atoms in total. The van der Waals surface area contributed by atoms with Crippen molar-refractivity contribution in [3.05, 3.63) is 108 Å². The van der Waals surface area contributed by atoms with Crippen molar-refractivity contribution in [2.45, 2.75) is 13.1 Å². The van der Waals surface area contributed by atoms with E-state index in [9.17, 15) is 9.59 Å². The fourth-order valence-electron chi connectivity index (χ4n) is 4.65. The SMILES string of the molecule is COC(=O)c1c(NC(=O)c2cccnc2)c2cc(NCc3cccc(OC)c3OC)cnc2n1Cc1ccccc1. The molecule has 0 aliphatic rings. The van der Waals surface area contributed by atoms with E-state index >= 15 is 0 Å². The Morgan fingerprint density at radius 3 is 2.46 bits per heavy atom. The Hall–Kier alpha value is -5.38. The predicted octanol–water partition coefficient (Wildman–Crippen LogP) is 5.15. The number of para-hydroxylation sites is 1. The first-order valence-electron chi connectivity index (χ1n) is 12.8. The molecule has 0 saturated carbocycles. The summed E-state index contributed by atoms with van der Waals surface area (Å²) in [6, 6.07) is 20.5. The Bertz CT molecular complexity index is 1690. The molecular formula is C31H29N5O5. The number of nitrogens with zero attached hydrogens (tertiary/aromatic N) is 3. The third kappa shape index (κ3) is 5.67. The Labute approximate surface area is 236 Å². The second-order valence-electron chi connectivity index (χ2n) is 9.08. The van der Waals surface area contributed by atoms with Crippen molar-refractivity contribution in [2.24, 2.45) is 0 Å². The summed E-state index contributed by atoms with van der Waals surface area (Å²) in [5, 5.41) is 6.86. The Morgan fingerprint density at radius 2 is 1.76 bits per heavy atom. The molecule has 0 aliphatic heterocycles. The second-order valence-corrected chi connectivity index (χ2v) is 9.08. The summed E-state index contributed by atoms with van der Waals surface area (Å²) in [7, 11) is 4.49. The molecule has 0 aliphatic carbocycles. The molecule has 2 aromatic carbocycles. The molecule has 0 fully saturated rings. The summed E-state index contributed by atoms with van der Waals surface area (Å²) in [6.07, 6.45) is 4.73. The van der Waals surface area contributed by atoms with E-state index in [0.29, 0.717) is 52.6 Å². The molecule has 3 heterocycles. The highest BCUT2D eigenvalue weighted by molar-refractivity contribution is 6.14. The minimum absolute atomic E-state index is 0.183. The van der Waals surface area contributed by atoms with E-state index in [4.69, 9.17) is 19.2 Å². The molecule has 0 saturated heterocycles. The van der Waals surface area contributed by atoms with Crippen molar-refractivity contribution < 1.29 is 23.8 Å². The van der Waals surface area contributed by atoms with Gasteiger partial charge in [-0.25, -0.2) is 9.78 Å². The fraction of sp³-hybridized carbons (Fsp3) is 0.161. The van der Waals surface area contributed by atoms with Crippen LogP contribution in [0.3, 0.4) is 0 Å². The largest absolute Gasteiger partial charge is 0.493 e. The van der Waals surface area contributed by atoms with E-state index in [1.165, 1.54) is 13.3 Å². The zero-order valence-electron chi connectivity index (χ0n) is 22.9. The Balaban J connectivity index is 1.60. The molecule has 0 radical (unpaired) electrons. The summed E-state index contributed by atoms with van der Waals surface area (Å²) in [6.45, 7) is 0.755. The number of ether oxygens (including phenoxy) is 3. The van der Waals surface area contributed by atoms with Crippen LogP contribution in [-0.2, 0) is 17.8 Å². The minimum atomic E-state index is -0.601. The van der Waals surface area contributed by atoms with Crippen LogP contribution in [0, 0.1) is 0 Å². The van der Waals surface area contributed by atoms with Crippen molar-refractivity contribution in [1.29, 1.82) is 0 Å². The van der Waals surface area contributed by atoms with Gasteiger partial charge in [-0.3, -0.25) is 9.78 Å². The average Bonchev–Trinajstić information content (AvgIpc) is 3.31. The third-order valence-corrected chi connectivity index (χ3v) is 6.59. The highest BCUT2D eigenvalue weighted by Crippen LogP contribution is 2.35. The first-order valence-corrected chi connectivity index (χ1v) is 12.8. The number of fused-ring (bicyclic) bond motifs is 1. The van der Waals surface area contributed by atoms with E-state index in [2.05, 4.69) is 15.6 Å². The maximum absolute atomic E-state index is 13.2. The Kier molecular flexibility index (Phi) is 8.10. The molecule has 3 aromatic heterocycles. The van der Waals surface area contributed by atoms with Gasteiger partial charge in [0, 0.05) is 36.4 Å². The van der Waals surface area contributed by atoms with Gasteiger partial charge < -0.3 is 29.4 Å². The van der Waals surface area contributed by atoms with Gasteiger partial charge in [0.1, 0.15) is 5.65 Å². The third-order valence-electron chi connectivity index (χ3n) is 6.59. The minimum Gasteiger partial charge on any atom is -0.493 e. The van der Waals surface area contributed by atoms with Gasteiger partial charge in [0.05, 0.1) is 44.5 Å². The summed E-state index contributed by atoms with van der Waals surface area (Å²) in [5.41, 5.74) is 3.85. The van der Waals surface area contributed by atoms with Crippen LogP contribution >= 0.6 is 0 Å². The van der Waals surface area contributed by atoms with Gasteiger partial charge in [-0.05, 0) is 29.8 Å². The van der Waals surface area contributed by atoms with E-state index in [1.54, 1.807) is 43.3 Å². The lowest BCUT2D eigenvalue weighted by atomic mass is 10.1. The number of carbonyl (C=O) groups excluding carboxylic acids is 2. The monoisotopic (exact) mass is 551 g/mol. The lowest BCUT2D eigenvalue weighted by molar-refractivity contribution is 0.0591. The van der Waals surface area contributed by atoms with Crippen molar-refractivity contribution in [3.8, 4) is 11.5 Å². The first kappa shape index (κ1) is 27.2. The van der Waals surface area contributed by atoms with Crippen molar-refractivity contribution in [3.63, 3.8) is 0 Å². The molecule has 41 heavy (non-hydrogen) atoms. The van der Waals surface area contributed by atoms with Crippen LogP contribution in [-0.4, -0.2) is 47.7 Å². The number of hydrogen-bond acceptors (Lipinski definition) is 8. The summed E-state index contributed by atoms with van der Waals surface area (Å²) in [5.74, 6) is 0.238. The smallest absolute Gasteiger partial charge is 0.356 e. The van der Waals surface area contributed by atoms with Crippen LogP contribution in [0.15, 0.2) is 85.3 Å². The summed E-state index contributed by atoms with van der Waals surface area (Å²) < 4.78 is 17.9. The number of benzene rings is 2. The van der Waals surface area contributed by atoms with Crippen LogP contribution in [0.1, 0.15) is 32.0 Å². The van der Waals surface area contributed by atoms with E-state index in [1.807, 2.05) is 54.6 Å². The van der Waals surface area contributed by atoms with Gasteiger partial charge >= 0.3 is 5.97 Å².